The molecule has 0 bridgehead atoms. The van der Waals surface area contributed by atoms with Gasteiger partial charge in [-0.3, -0.25) is 0 Å². The third kappa shape index (κ3) is 4.64. The van der Waals surface area contributed by atoms with Crippen LogP contribution in [0.5, 0.6) is 0 Å². The van der Waals surface area contributed by atoms with Gasteiger partial charge in [-0.15, -0.1) is 11.3 Å². The number of aryl methyl sites for hydroxylation is 1. The quantitative estimate of drug-likeness (QED) is 0.751. The summed E-state index contributed by atoms with van der Waals surface area (Å²) < 4.78 is 28.2. The molecule has 0 aliphatic carbocycles. The highest BCUT2D eigenvalue weighted by molar-refractivity contribution is 9.11. The Morgan fingerprint density at radius 1 is 1.44 bits per heavy atom. The van der Waals surface area contributed by atoms with E-state index in [9.17, 15) is 8.42 Å². The maximum Gasteiger partial charge on any atom is 0.250 e. The monoisotopic (exact) mass is 353 g/mol. The van der Waals surface area contributed by atoms with Crippen LogP contribution < -0.4 is 4.72 Å². The molecule has 0 radical (unpaired) electrons. The minimum absolute atomic E-state index is 0.0114. The standard InChI is InChI=1S/C12H20BrNO2S2/c1-4-5-6-7-10(3)14-18(15,16)11-8-9(2)12(13)17-11/h8,10,14H,4-7H2,1-3H3. The van der Waals surface area contributed by atoms with Gasteiger partial charge in [0.15, 0.2) is 0 Å². The van der Waals surface area contributed by atoms with Crippen LogP contribution in [0.3, 0.4) is 0 Å². The van der Waals surface area contributed by atoms with Crippen molar-refractivity contribution in [3.63, 3.8) is 0 Å². The molecule has 1 heterocycles. The molecule has 3 nitrogen and oxygen atoms in total. The Hall–Kier alpha value is 0.0900. The van der Waals surface area contributed by atoms with Crippen molar-refractivity contribution in [2.75, 3.05) is 0 Å². The molecule has 0 saturated carbocycles. The fourth-order valence-electron chi connectivity index (χ4n) is 1.65. The van der Waals surface area contributed by atoms with Crippen molar-refractivity contribution >= 4 is 37.3 Å². The summed E-state index contributed by atoms with van der Waals surface area (Å²) in [5.41, 5.74) is 0.957. The van der Waals surface area contributed by atoms with Crippen LogP contribution in [0.25, 0.3) is 0 Å². The summed E-state index contributed by atoms with van der Waals surface area (Å²) in [5, 5.41) is 0. The second-order valence-electron chi connectivity index (χ2n) is 4.54. The molecule has 0 spiro atoms. The predicted octanol–water partition coefficient (Wildman–Crippen LogP) is 4.07. The fraction of sp³-hybridized carbons (Fsp3) is 0.667. The normalized spacial score (nSPS) is 13.8. The van der Waals surface area contributed by atoms with E-state index in [-0.39, 0.29) is 6.04 Å². The highest BCUT2D eigenvalue weighted by Gasteiger charge is 2.20. The SMILES string of the molecule is CCCCCC(C)NS(=O)(=O)c1cc(C)c(Br)s1. The number of thiophene rings is 1. The first-order valence-electron chi connectivity index (χ1n) is 6.15. The molecule has 6 heteroatoms. The number of unbranched alkanes of at least 4 members (excludes halogenated alkanes) is 2. The molecule has 1 N–H and O–H groups in total. The molecule has 0 amide bonds. The van der Waals surface area contributed by atoms with Gasteiger partial charge in [0.1, 0.15) is 4.21 Å². The van der Waals surface area contributed by atoms with Crippen LogP contribution in [-0.4, -0.2) is 14.5 Å². The van der Waals surface area contributed by atoms with Gasteiger partial charge >= 0.3 is 0 Å². The van der Waals surface area contributed by atoms with Gasteiger partial charge in [-0.25, -0.2) is 13.1 Å². The molecule has 0 fully saturated rings. The minimum Gasteiger partial charge on any atom is -0.208 e. The lowest BCUT2D eigenvalue weighted by molar-refractivity contribution is 0.528. The zero-order valence-corrected chi connectivity index (χ0v) is 14.2. The summed E-state index contributed by atoms with van der Waals surface area (Å²) in [4.78, 5) is 0. The Balaban J connectivity index is 2.64. The number of hydrogen-bond donors (Lipinski definition) is 1. The van der Waals surface area contributed by atoms with Crippen molar-refractivity contribution in [2.45, 2.75) is 56.7 Å². The van der Waals surface area contributed by atoms with Crippen LogP contribution in [0.4, 0.5) is 0 Å². The van der Waals surface area contributed by atoms with E-state index in [2.05, 4.69) is 27.6 Å². The van der Waals surface area contributed by atoms with Gasteiger partial charge in [-0.2, -0.15) is 0 Å². The lowest BCUT2D eigenvalue weighted by Gasteiger charge is -2.12. The van der Waals surface area contributed by atoms with Gasteiger partial charge < -0.3 is 0 Å². The van der Waals surface area contributed by atoms with E-state index in [1.165, 1.54) is 11.3 Å². The second-order valence-corrected chi connectivity index (χ2v) is 8.85. The lowest BCUT2D eigenvalue weighted by atomic mass is 10.1. The molecule has 1 unspecified atom stereocenters. The zero-order valence-electron chi connectivity index (χ0n) is 11.0. The van der Waals surface area contributed by atoms with E-state index >= 15 is 0 Å². The summed E-state index contributed by atoms with van der Waals surface area (Å²) >= 11 is 4.61. The van der Waals surface area contributed by atoms with E-state index in [0.717, 1.165) is 35.0 Å². The summed E-state index contributed by atoms with van der Waals surface area (Å²) in [6.45, 7) is 5.95. The van der Waals surface area contributed by atoms with E-state index in [1.54, 1.807) is 6.07 Å². The maximum absolute atomic E-state index is 12.1. The molecular formula is C12H20BrNO2S2. The van der Waals surface area contributed by atoms with Crippen LogP contribution in [0, 0.1) is 6.92 Å². The van der Waals surface area contributed by atoms with Crippen molar-refractivity contribution in [2.24, 2.45) is 0 Å². The van der Waals surface area contributed by atoms with Crippen LogP contribution in [0.1, 0.15) is 45.1 Å². The zero-order chi connectivity index (χ0) is 13.8. The highest BCUT2D eigenvalue weighted by atomic mass is 79.9. The second kappa shape index (κ2) is 7.03. The predicted molar refractivity (Wildman–Crippen MR) is 80.7 cm³/mol. The highest BCUT2D eigenvalue weighted by Crippen LogP contribution is 2.30. The first-order chi connectivity index (χ1) is 8.36. The van der Waals surface area contributed by atoms with Crippen molar-refractivity contribution in [3.8, 4) is 0 Å². The smallest absolute Gasteiger partial charge is 0.208 e. The number of halogens is 1. The number of nitrogens with one attached hydrogen (secondary N) is 1. The molecule has 1 aromatic rings. The van der Waals surface area contributed by atoms with E-state index < -0.39 is 10.0 Å². The number of hydrogen-bond acceptors (Lipinski definition) is 3. The van der Waals surface area contributed by atoms with Crippen molar-refractivity contribution in [3.05, 3.63) is 15.4 Å². The molecule has 0 aliphatic rings. The largest absolute Gasteiger partial charge is 0.250 e. The average molecular weight is 354 g/mol. The van der Waals surface area contributed by atoms with Gasteiger partial charge in [0, 0.05) is 6.04 Å². The first kappa shape index (κ1) is 16.1. The first-order valence-corrected chi connectivity index (χ1v) is 9.24. The Kier molecular flexibility index (Phi) is 6.30. The summed E-state index contributed by atoms with van der Waals surface area (Å²) in [5.74, 6) is 0. The maximum atomic E-state index is 12.1. The molecule has 104 valence electrons. The summed E-state index contributed by atoms with van der Waals surface area (Å²) in [6.07, 6.45) is 4.25. The van der Waals surface area contributed by atoms with Crippen LogP contribution in [-0.2, 0) is 10.0 Å². The molecule has 1 atom stereocenters. The van der Waals surface area contributed by atoms with E-state index in [4.69, 9.17) is 0 Å². The molecular weight excluding hydrogens is 334 g/mol. The summed E-state index contributed by atoms with van der Waals surface area (Å²) in [7, 11) is -3.36. The topological polar surface area (TPSA) is 46.2 Å². The Morgan fingerprint density at radius 2 is 2.11 bits per heavy atom. The van der Waals surface area contributed by atoms with Crippen LogP contribution in [0.2, 0.25) is 0 Å². The molecule has 0 aromatic carbocycles. The van der Waals surface area contributed by atoms with Crippen molar-refractivity contribution in [1.29, 1.82) is 0 Å². The van der Waals surface area contributed by atoms with Crippen molar-refractivity contribution in [1.82, 2.24) is 4.72 Å². The van der Waals surface area contributed by atoms with Gasteiger partial charge in [-0.05, 0) is 47.8 Å². The Morgan fingerprint density at radius 3 is 2.61 bits per heavy atom. The van der Waals surface area contributed by atoms with Gasteiger partial charge in [0.05, 0.1) is 3.79 Å². The third-order valence-corrected chi connectivity index (χ3v) is 6.90. The molecule has 1 aromatic heterocycles. The Labute approximate surface area is 122 Å². The Bertz CT molecular complexity index is 463. The molecule has 0 aliphatic heterocycles. The van der Waals surface area contributed by atoms with E-state index in [0.29, 0.717) is 4.21 Å². The van der Waals surface area contributed by atoms with Crippen LogP contribution in [0.15, 0.2) is 14.1 Å². The fourth-order valence-corrected chi connectivity index (χ4v) is 5.17. The van der Waals surface area contributed by atoms with Crippen LogP contribution >= 0.6 is 27.3 Å². The number of rotatable bonds is 7. The molecule has 0 saturated heterocycles. The third-order valence-electron chi connectivity index (χ3n) is 2.70. The van der Waals surface area contributed by atoms with Gasteiger partial charge in [0.25, 0.3) is 0 Å². The van der Waals surface area contributed by atoms with Gasteiger partial charge in [0.2, 0.25) is 10.0 Å². The number of sulfonamides is 1. The lowest BCUT2D eigenvalue weighted by Crippen LogP contribution is -2.32. The molecule has 18 heavy (non-hydrogen) atoms. The molecule has 1 rings (SSSR count). The van der Waals surface area contributed by atoms with Gasteiger partial charge in [-0.1, -0.05) is 26.2 Å². The summed E-state index contributed by atoms with van der Waals surface area (Å²) in [6, 6.07) is 1.69. The van der Waals surface area contributed by atoms with E-state index in [1.807, 2.05) is 13.8 Å². The van der Waals surface area contributed by atoms with Crippen molar-refractivity contribution < 1.29 is 8.42 Å². The average Bonchev–Trinajstić information content (AvgIpc) is 2.60. The minimum atomic E-state index is -3.36.